The summed E-state index contributed by atoms with van der Waals surface area (Å²) in [6.45, 7) is 3.70. The van der Waals surface area contributed by atoms with Crippen LogP contribution in [0.4, 0.5) is 5.69 Å². The Balaban J connectivity index is 3.36. The van der Waals surface area contributed by atoms with Crippen molar-refractivity contribution < 1.29 is 0 Å². The van der Waals surface area contributed by atoms with Crippen molar-refractivity contribution >= 4 is 25.1 Å². The highest BCUT2D eigenvalue weighted by molar-refractivity contribution is 6.34. The summed E-state index contributed by atoms with van der Waals surface area (Å²) in [4.78, 5) is 0. The summed E-state index contributed by atoms with van der Waals surface area (Å²) in [7, 11) is 3.78. The largest absolute Gasteiger partial charge is 0.388 e. The molecule has 0 aromatic heterocycles. The van der Waals surface area contributed by atoms with E-state index in [1.807, 2.05) is 27.0 Å². The zero-order chi connectivity index (χ0) is 9.84. The van der Waals surface area contributed by atoms with Crippen LogP contribution in [0.15, 0.2) is 18.7 Å². The minimum Gasteiger partial charge on any atom is -0.388 e. The van der Waals surface area contributed by atoms with E-state index in [9.17, 15) is 0 Å². The normalized spacial score (nSPS) is 8.92. The van der Waals surface area contributed by atoms with E-state index in [2.05, 4.69) is 18.0 Å². The van der Waals surface area contributed by atoms with E-state index in [4.69, 9.17) is 5.26 Å². The van der Waals surface area contributed by atoms with Crippen molar-refractivity contribution in [3.05, 3.63) is 29.8 Å². The highest BCUT2D eigenvalue weighted by Crippen LogP contribution is 2.15. The van der Waals surface area contributed by atoms with Crippen LogP contribution in [-0.2, 0) is 0 Å². The molecule has 0 bridgehead atoms. The second-order valence-electron chi connectivity index (χ2n) is 2.82. The molecule has 0 spiro atoms. The number of rotatable bonds is 2. The average Bonchev–Trinajstić information content (AvgIpc) is 2.17. The van der Waals surface area contributed by atoms with Gasteiger partial charge in [0.1, 0.15) is 7.85 Å². The molecule has 0 radical (unpaired) electrons. The molecule has 1 rings (SSSR count). The van der Waals surface area contributed by atoms with Crippen LogP contribution < -0.4 is 10.8 Å². The number of anilines is 1. The van der Waals surface area contributed by atoms with Crippen LogP contribution in [0.25, 0.3) is 6.08 Å². The fourth-order valence-corrected chi connectivity index (χ4v) is 1.23. The predicted molar refractivity (Wildman–Crippen MR) is 59.0 cm³/mol. The molecule has 0 saturated heterocycles. The molecule has 0 aliphatic rings. The zero-order valence-corrected chi connectivity index (χ0v) is 7.89. The molecule has 64 valence electrons. The van der Waals surface area contributed by atoms with Crippen molar-refractivity contribution in [3.8, 4) is 6.07 Å². The van der Waals surface area contributed by atoms with Crippen molar-refractivity contribution in [2.24, 2.45) is 0 Å². The zero-order valence-electron chi connectivity index (χ0n) is 7.89. The van der Waals surface area contributed by atoms with Gasteiger partial charge in [-0.15, -0.1) is 0 Å². The molecule has 0 heterocycles. The lowest BCUT2D eigenvalue weighted by Gasteiger charge is -2.07. The molecule has 0 saturated carbocycles. The maximum atomic E-state index is 8.80. The molecular formula is C10H11BN2. The van der Waals surface area contributed by atoms with Gasteiger partial charge in [0.25, 0.3) is 0 Å². The molecule has 1 N–H and O–H groups in total. The number of hydrogen-bond acceptors (Lipinski definition) is 2. The summed E-state index contributed by atoms with van der Waals surface area (Å²) in [6.07, 6.45) is 1.74. The first kappa shape index (κ1) is 9.40. The minimum absolute atomic E-state index is 0.703. The van der Waals surface area contributed by atoms with Crippen LogP contribution in [0, 0.1) is 11.3 Å². The van der Waals surface area contributed by atoms with E-state index in [0.29, 0.717) is 5.56 Å². The van der Waals surface area contributed by atoms with Crippen LogP contribution >= 0.6 is 0 Å². The number of nitrogens with one attached hydrogen (secondary N) is 1. The average molecular weight is 170 g/mol. The number of benzene rings is 1. The lowest BCUT2D eigenvalue weighted by Crippen LogP contribution is -2.10. The number of nitrogens with zero attached hydrogens (tertiary/aromatic N) is 1. The van der Waals surface area contributed by atoms with Crippen LogP contribution in [-0.4, -0.2) is 14.9 Å². The third-order valence-corrected chi connectivity index (χ3v) is 2.01. The lowest BCUT2D eigenvalue weighted by atomic mass is 9.89. The molecule has 13 heavy (non-hydrogen) atoms. The first-order chi connectivity index (χ1) is 6.22. The van der Waals surface area contributed by atoms with Gasteiger partial charge in [-0.05, 0) is 17.7 Å². The van der Waals surface area contributed by atoms with Gasteiger partial charge < -0.3 is 5.32 Å². The van der Waals surface area contributed by atoms with Gasteiger partial charge in [-0.1, -0.05) is 18.1 Å². The Bertz CT molecular complexity index is 377. The summed E-state index contributed by atoms with van der Waals surface area (Å²) in [6, 6.07) is 5.94. The van der Waals surface area contributed by atoms with Gasteiger partial charge in [0, 0.05) is 18.3 Å². The summed E-state index contributed by atoms with van der Waals surface area (Å²) in [5.41, 5.74) is 3.66. The Kier molecular flexibility index (Phi) is 2.76. The van der Waals surface area contributed by atoms with Crippen molar-refractivity contribution in [1.82, 2.24) is 0 Å². The van der Waals surface area contributed by atoms with Gasteiger partial charge in [-0.25, -0.2) is 0 Å². The quantitative estimate of drug-likeness (QED) is 0.656. The van der Waals surface area contributed by atoms with E-state index in [1.54, 1.807) is 6.08 Å². The van der Waals surface area contributed by atoms with E-state index in [1.165, 1.54) is 0 Å². The molecule has 0 unspecified atom stereocenters. The van der Waals surface area contributed by atoms with Crippen molar-refractivity contribution in [3.63, 3.8) is 0 Å². The smallest absolute Gasteiger partial charge is 0.141 e. The summed E-state index contributed by atoms with van der Waals surface area (Å²) in [5.74, 6) is 0. The molecule has 0 atom stereocenters. The van der Waals surface area contributed by atoms with E-state index in [0.717, 1.165) is 16.7 Å². The summed E-state index contributed by atoms with van der Waals surface area (Å²) >= 11 is 0. The predicted octanol–water partition coefficient (Wildman–Crippen LogP) is 0.501. The minimum atomic E-state index is 0.703. The fraction of sp³-hybridized carbons (Fsp3) is 0.100. The maximum absolute atomic E-state index is 8.80. The Morgan fingerprint density at radius 3 is 2.77 bits per heavy atom. The first-order valence-corrected chi connectivity index (χ1v) is 4.08. The monoisotopic (exact) mass is 170 g/mol. The van der Waals surface area contributed by atoms with E-state index >= 15 is 0 Å². The molecule has 1 aromatic carbocycles. The first-order valence-electron chi connectivity index (χ1n) is 4.08. The van der Waals surface area contributed by atoms with Crippen molar-refractivity contribution in [2.45, 2.75) is 0 Å². The Labute approximate surface area is 79.3 Å². The van der Waals surface area contributed by atoms with Crippen molar-refractivity contribution in [1.29, 1.82) is 5.26 Å². The number of hydrogen-bond donors (Lipinski definition) is 1. The molecule has 0 fully saturated rings. The topological polar surface area (TPSA) is 35.8 Å². The summed E-state index contributed by atoms with van der Waals surface area (Å²) < 4.78 is 0. The van der Waals surface area contributed by atoms with Gasteiger partial charge in [-0.3, -0.25) is 0 Å². The number of nitriles is 1. The Morgan fingerprint density at radius 2 is 2.31 bits per heavy atom. The van der Waals surface area contributed by atoms with Crippen LogP contribution in [0.2, 0.25) is 0 Å². The SMILES string of the molecule is Bc1cc(NC)c(C=C)cc1C#N. The molecule has 3 heteroatoms. The van der Waals surface area contributed by atoms with E-state index < -0.39 is 0 Å². The highest BCUT2D eigenvalue weighted by atomic mass is 14.8. The van der Waals surface area contributed by atoms with Gasteiger partial charge in [0.2, 0.25) is 0 Å². The molecule has 0 aliphatic carbocycles. The second kappa shape index (κ2) is 3.82. The Morgan fingerprint density at radius 1 is 1.62 bits per heavy atom. The summed E-state index contributed by atoms with van der Waals surface area (Å²) in [5, 5.41) is 11.9. The van der Waals surface area contributed by atoms with Gasteiger partial charge in [0.05, 0.1) is 6.07 Å². The van der Waals surface area contributed by atoms with Gasteiger partial charge >= 0.3 is 0 Å². The molecule has 0 amide bonds. The molecular weight excluding hydrogens is 159 g/mol. The Hall–Kier alpha value is -1.69. The van der Waals surface area contributed by atoms with Gasteiger partial charge in [0.15, 0.2) is 0 Å². The maximum Gasteiger partial charge on any atom is 0.141 e. The van der Waals surface area contributed by atoms with Crippen LogP contribution in [0.5, 0.6) is 0 Å². The third-order valence-electron chi connectivity index (χ3n) is 2.01. The standard InChI is InChI=1S/C10H11BN2/c1-3-7-4-8(6-12)9(11)5-10(7)13-2/h3-5,13H,1,11H2,2H3. The highest BCUT2D eigenvalue weighted by Gasteiger charge is 2.02. The molecule has 1 aromatic rings. The molecule has 2 nitrogen and oxygen atoms in total. The second-order valence-corrected chi connectivity index (χ2v) is 2.82. The fourth-order valence-electron chi connectivity index (χ4n) is 1.23. The van der Waals surface area contributed by atoms with E-state index in [-0.39, 0.29) is 0 Å². The van der Waals surface area contributed by atoms with Crippen LogP contribution in [0.1, 0.15) is 11.1 Å². The van der Waals surface area contributed by atoms with Gasteiger partial charge in [-0.2, -0.15) is 5.26 Å². The third kappa shape index (κ3) is 1.73. The van der Waals surface area contributed by atoms with Crippen LogP contribution in [0.3, 0.4) is 0 Å². The van der Waals surface area contributed by atoms with Crippen molar-refractivity contribution in [2.75, 3.05) is 12.4 Å². The lowest BCUT2D eigenvalue weighted by molar-refractivity contribution is 1.47. The molecule has 0 aliphatic heterocycles.